The van der Waals surface area contributed by atoms with Crippen LogP contribution in [0.5, 0.6) is 0 Å². The van der Waals surface area contributed by atoms with E-state index >= 15 is 0 Å². The number of benzene rings is 8. The Morgan fingerprint density at radius 3 is 1.53 bits per heavy atom. The fourth-order valence-corrected chi connectivity index (χ4v) is 12.1. The molecule has 250 valence electrons. The van der Waals surface area contributed by atoms with Crippen LogP contribution in [0, 0.1) is 0 Å². The summed E-state index contributed by atoms with van der Waals surface area (Å²) in [5.41, 5.74) is 12.7. The van der Waals surface area contributed by atoms with Crippen molar-refractivity contribution in [3.63, 3.8) is 0 Å². The first-order valence-electron chi connectivity index (χ1n) is 18.3. The van der Waals surface area contributed by atoms with Crippen LogP contribution in [-0.4, -0.2) is 18.0 Å². The molecule has 0 N–H and O–H groups in total. The number of hydrogen-bond donors (Lipinski definition) is 0. The largest absolute Gasteiger partial charge is 0.228 e. The molecule has 0 radical (unpaired) electrons. The van der Waals surface area contributed by atoms with E-state index in [2.05, 4.69) is 195 Å². The maximum Gasteiger partial charge on any atom is 0.160 e. The van der Waals surface area contributed by atoms with Crippen molar-refractivity contribution < 1.29 is 0 Å². The molecule has 53 heavy (non-hydrogen) atoms. The van der Waals surface area contributed by atoms with Crippen molar-refractivity contribution in [3.8, 4) is 67.3 Å². The highest BCUT2D eigenvalue weighted by Gasteiger charge is 2.43. The lowest BCUT2D eigenvalue weighted by atomic mass is 9.96. The number of fused-ring (bicyclic) bond motifs is 6. The average molecular weight is 693 g/mol. The molecule has 10 rings (SSSR count). The zero-order valence-electron chi connectivity index (χ0n) is 29.7. The van der Waals surface area contributed by atoms with Gasteiger partial charge in [-0.05, 0) is 77.4 Å². The molecule has 0 bridgehead atoms. The zero-order valence-corrected chi connectivity index (χ0v) is 30.7. The molecule has 8 aromatic carbocycles. The summed E-state index contributed by atoms with van der Waals surface area (Å²) in [7, 11) is -2.23. The van der Waals surface area contributed by atoms with Crippen molar-refractivity contribution in [2.75, 3.05) is 0 Å². The van der Waals surface area contributed by atoms with Crippen LogP contribution in [0.3, 0.4) is 0 Å². The third-order valence-electron chi connectivity index (χ3n) is 11.0. The van der Waals surface area contributed by atoms with Crippen molar-refractivity contribution in [3.05, 3.63) is 182 Å². The van der Waals surface area contributed by atoms with Gasteiger partial charge < -0.3 is 0 Å². The molecule has 2 nitrogen and oxygen atoms in total. The van der Waals surface area contributed by atoms with Gasteiger partial charge >= 0.3 is 0 Å². The number of rotatable bonds is 5. The van der Waals surface area contributed by atoms with Crippen molar-refractivity contribution in [1.82, 2.24) is 9.97 Å². The normalized spacial score (nSPS) is 12.9. The molecule has 0 atom stereocenters. The van der Waals surface area contributed by atoms with Crippen LogP contribution in [-0.2, 0) is 0 Å². The van der Waals surface area contributed by atoms with Crippen LogP contribution >= 0.6 is 0 Å². The maximum atomic E-state index is 5.55. The molecule has 1 aromatic heterocycles. The molecule has 0 unspecified atom stereocenters. The van der Waals surface area contributed by atoms with Crippen LogP contribution in [0.25, 0.3) is 88.8 Å². The first kappa shape index (κ1) is 31.3. The highest BCUT2D eigenvalue weighted by atomic mass is 28.3. The van der Waals surface area contributed by atoms with Gasteiger partial charge in [-0.25, -0.2) is 9.97 Å². The van der Waals surface area contributed by atoms with Gasteiger partial charge in [-0.2, -0.15) is 0 Å². The van der Waals surface area contributed by atoms with E-state index in [-0.39, 0.29) is 0 Å². The molecular formula is C50H36N2Si. The Morgan fingerprint density at radius 1 is 0.340 bits per heavy atom. The zero-order chi connectivity index (χ0) is 35.5. The molecule has 0 spiro atoms. The molecule has 1 aliphatic rings. The summed E-state index contributed by atoms with van der Waals surface area (Å²) in [6.45, 7) is 4.95. The summed E-state index contributed by atoms with van der Waals surface area (Å²) in [4.78, 5) is 11.0. The molecule has 0 saturated heterocycles. The van der Waals surface area contributed by atoms with Gasteiger partial charge in [0.15, 0.2) is 5.82 Å². The van der Waals surface area contributed by atoms with Crippen LogP contribution in [0.1, 0.15) is 0 Å². The molecule has 0 aliphatic carbocycles. The predicted molar refractivity (Wildman–Crippen MR) is 226 cm³/mol. The van der Waals surface area contributed by atoms with E-state index in [1.54, 1.807) is 0 Å². The fourth-order valence-electron chi connectivity index (χ4n) is 8.47. The Balaban J connectivity index is 1.12. The highest BCUT2D eigenvalue weighted by Crippen LogP contribution is 2.38. The molecule has 0 saturated carbocycles. The lowest BCUT2D eigenvalue weighted by Crippen LogP contribution is -2.50. The minimum atomic E-state index is -2.23. The first-order chi connectivity index (χ1) is 26.0. The van der Waals surface area contributed by atoms with Gasteiger partial charge in [0.1, 0.15) is 8.07 Å². The maximum absolute atomic E-state index is 5.55. The second kappa shape index (κ2) is 12.4. The average Bonchev–Trinajstić information content (AvgIpc) is 3.47. The van der Waals surface area contributed by atoms with Gasteiger partial charge in [0.05, 0.1) is 11.4 Å². The molecule has 1 aliphatic heterocycles. The monoisotopic (exact) mass is 692 g/mol. The fraction of sp³-hybridized carbons (Fsp3) is 0.0400. The summed E-state index contributed by atoms with van der Waals surface area (Å²) in [6, 6.07) is 65.6. The molecule has 0 amide bonds. The Labute approximate surface area is 311 Å². The molecular weight excluding hydrogens is 657 g/mol. The SMILES string of the molecule is C[Si]1(C)c2c(nc(-c3cccc(-c4cccc(-c5ccc(-c6ccccc6)cc5)c4)c3)nc2-c2cccc3ccccc23)-c2ccc3ccccc3c21. The Morgan fingerprint density at radius 2 is 0.811 bits per heavy atom. The standard InChI is InChI=1S/C50H36N2Si/c1-53(2)48-43-23-9-7-16-37(43)29-30-45(48)47-49(53)46(44-24-12-17-36-15-6-8-22-42(36)44)51-50(52-47)41-21-11-20-40(32-41)39-19-10-18-38(31-39)35-27-25-34(26-28-35)33-13-4-3-5-14-33/h3-32H,1-2H3. The van der Waals surface area contributed by atoms with Crippen molar-refractivity contribution >= 4 is 40.0 Å². The number of nitrogens with zero attached hydrogens (tertiary/aromatic N) is 2. The van der Waals surface area contributed by atoms with E-state index in [1.807, 2.05) is 0 Å². The van der Waals surface area contributed by atoms with Gasteiger partial charge in [0.25, 0.3) is 0 Å². The second-order valence-electron chi connectivity index (χ2n) is 14.6. The summed E-state index contributed by atoms with van der Waals surface area (Å²) in [5, 5.41) is 7.83. The number of aromatic nitrogens is 2. The quantitative estimate of drug-likeness (QED) is 0.168. The smallest absolute Gasteiger partial charge is 0.160 e. The Bertz CT molecular complexity index is 2850. The Hall–Kier alpha value is -6.42. The highest BCUT2D eigenvalue weighted by molar-refractivity contribution is 7.05. The van der Waals surface area contributed by atoms with Crippen LogP contribution in [0.15, 0.2) is 182 Å². The van der Waals surface area contributed by atoms with Crippen molar-refractivity contribution in [2.24, 2.45) is 0 Å². The van der Waals surface area contributed by atoms with Crippen molar-refractivity contribution in [1.29, 1.82) is 0 Å². The van der Waals surface area contributed by atoms with E-state index in [0.29, 0.717) is 0 Å². The summed E-state index contributed by atoms with van der Waals surface area (Å²) < 4.78 is 0. The van der Waals surface area contributed by atoms with E-state index < -0.39 is 8.07 Å². The van der Waals surface area contributed by atoms with Gasteiger partial charge in [0, 0.05) is 16.7 Å². The van der Waals surface area contributed by atoms with Gasteiger partial charge in [-0.1, -0.05) is 183 Å². The predicted octanol–water partition coefficient (Wildman–Crippen LogP) is 11.9. The van der Waals surface area contributed by atoms with E-state index in [4.69, 9.17) is 9.97 Å². The molecule has 3 heteroatoms. The lowest BCUT2D eigenvalue weighted by Gasteiger charge is -2.23. The summed E-state index contributed by atoms with van der Waals surface area (Å²) >= 11 is 0. The minimum absolute atomic E-state index is 0.756. The topological polar surface area (TPSA) is 25.8 Å². The van der Waals surface area contributed by atoms with E-state index in [1.165, 1.54) is 65.3 Å². The summed E-state index contributed by atoms with van der Waals surface area (Å²) in [6.07, 6.45) is 0. The lowest BCUT2D eigenvalue weighted by molar-refractivity contribution is 1.20. The van der Waals surface area contributed by atoms with Gasteiger partial charge in [0.2, 0.25) is 0 Å². The van der Waals surface area contributed by atoms with E-state index in [0.717, 1.165) is 33.9 Å². The number of hydrogen-bond acceptors (Lipinski definition) is 2. The Kier molecular flexibility index (Phi) is 7.31. The van der Waals surface area contributed by atoms with Gasteiger partial charge in [-0.3, -0.25) is 0 Å². The van der Waals surface area contributed by atoms with Crippen LogP contribution in [0.4, 0.5) is 0 Å². The minimum Gasteiger partial charge on any atom is -0.228 e. The molecule has 9 aromatic rings. The molecule has 2 heterocycles. The van der Waals surface area contributed by atoms with Crippen LogP contribution in [0.2, 0.25) is 13.1 Å². The first-order valence-corrected chi connectivity index (χ1v) is 21.3. The third kappa shape index (κ3) is 5.24. The summed E-state index contributed by atoms with van der Waals surface area (Å²) in [5.74, 6) is 0.756. The van der Waals surface area contributed by atoms with Crippen LogP contribution < -0.4 is 10.4 Å². The molecule has 0 fully saturated rings. The third-order valence-corrected chi connectivity index (χ3v) is 14.5. The van der Waals surface area contributed by atoms with E-state index in [9.17, 15) is 0 Å². The second-order valence-corrected chi connectivity index (χ2v) is 18.8. The van der Waals surface area contributed by atoms with Crippen molar-refractivity contribution in [2.45, 2.75) is 13.1 Å². The van der Waals surface area contributed by atoms with Gasteiger partial charge in [-0.15, -0.1) is 0 Å².